The minimum absolute atomic E-state index is 0.157. The molecule has 0 aliphatic heterocycles. The summed E-state index contributed by atoms with van der Waals surface area (Å²) in [6.07, 6.45) is 1.24. The molecule has 0 fully saturated rings. The van der Waals surface area contributed by atoms with Crippen molar-refractivity contribution in [3.05, 3.63) is 64.2 Å². The van der Waals surface area contributed by atoms with E-state index >= 15 is 0 Å². The lowest BCUT2D eigenvalue weighted by Crippen LogP contribution is -2.20. The van der Waals surface area contributed by atoms with Crippen LogP contribution in [-0.2, 0) is 0 Å². The van der Waals surface area contributed by atoms with E-state index in [9.17, 15) is 9.59 Å². The second kappa shape index (κ2) is 8.18. The average molecular weight is 402 g/mol. The number of imidazole rings is 1. The highest BCUT2D eigenvalue weighted by Gasteiger charge is 2.22. The van der Waals surface area contributed by atoms with Crippen LogP contribution >= 0.6 is 11.6 Å². The fourth-order valence-electron chi connectivity index (χ4n) is 2.59. The van der Waals surface area contributed by atoms with Gasteiger partial charge in [0.25, 0.3) is 11.8 Å². The lowest BCUT2D eigenvalue weighted by Gasteiger charge is -2.15. The van der Waals surface area contributed by atoms with Crippen LogP contribution in [0.25, 0.3) is 0 Å². The molecule has 1 atom stereocenters. The van der Waals surface area contributed by atoms with Gasteiger partial charge in [0.05, 0.1) is 0 Å². The van der Waals surface area contributed by atoms with E-state index in [4.69, 9.17) is 16.3 Å². The molecule has 1 unspecified atom stereocenters. The number of carbonyl (C=O) groups is 2. The third kappa shape index (κ3) is 4.34. The highest BCUT2D eigenvalue weighted by atomic mass is 35.5. The van der Waals surface area contributed by atoms with Gasteiger partial charge in [-0.1, -0.05) is 23.7 Å². The molecule has 0 spiro atoms. The summed E-state index contributed by atoms with van der Waals surface area (Å²) in [6.45, 7) is 3.67. The first-order valence-electron chi connectivity index (χ1n) is 8.57. The van der Waals surface area contributed by atoms with E-state index in [1.54, 1.807) is 18.3 Å². The Hall–Kier alpha value is -3.26. The molecule has 2 aromatic heterocycles. The van der Waals surface area contributed by atoms with Crippen LogP contribution in [0.1, 0.15) is 45.3 Å². The lowest BCUT2D eigenvalue weighted by atomic mass is 10.1. The van der Waals surface area contributed by atoms with Gasteiger partial charge < -0.3 is 20.0 Å². The number of benzene rings is 1. The number of amides is 2. The lowest BCUT2D eigenvalue weighted by molar-refractivity contribution is 0.0952. The molecular weight excluding hydrogens is 382 g/mol. The van der Waals surface area contributed by atoms with Gasteiger partial charge in [0, 0.05) is 30.0 Å². The average Bonchev–Trinajstić information content (AvgIpc) is 3.27. The third-order valence-electron chi connectivity index (χ3n) is 4.06. The largest absolute Gasteiger partial charge is 0.484 e. The third-order valence-corrected chi connectivity index (χ3v) is 4.31. The number of H-pyrrole nitrogens is 2. The van der Waals surface area contributed by atoms with Crippen molar-refractivity contribution in [2.45, 2.75) is 20.0 Å². The summed E-state index contributed by atoms with van der Waals surface area (Å²) >= 11 is 5.92. The first-order chi connectivity index (χ1) is 13.4. The molecule has 0 aliphatic carbocycles. The van der Waals surface area contributed by atoms with Crippen molar-refractivity contribution in [3.8, 4) is 5.75 Å². The Balaban J connectivity index is 1.83. The number of aryl methyl sites for hydroxylation is 1. The minimum Gasteiger partial charge on any atom is -0.484 e. The van der Waals surface area contributed by atoms with Crippen molar-refractivity contribution >= 4 is 29.4 Å². The molecule has 0 radical (unpaired) electrons. The molecule has 28 heavy (non-hydrogen) atoms. The summed E-state index contributed by atoms with van der Waals surface area (Å²) in [5.41, 5.74) is 2.02. The van der Waals surface area contributed by atoms with Gasteiger partial charge in [0.15, 0.2) is 5.75 Å². The molecule has 3 aromatic rings. The van der Waals surface area contributed by atoms with Gasteiger partial charge in [-0.25, -0.2) is 4.98 Å². The Morgan fingerprint density at radius 3 is 2.50 bits per heavy atom. The summed E-state index contributed by atoms with van der Waals surface area (Å²) in [7, 11) is 1.50. The van der Waals surface area contributed by atoms with E-state index in [1.807, 2.05) is 26.0 Å². The molecule has 0 aliphatic rings. The number of halogens is 1. The summed E-state index contributed by atoms with van der Waals surface area (Å²) < 4.78 is 5.94. The summed E-state index contributed by atoms with van der Waals surface area (Å²) in [5, 5.41) is 5.78. The van der Waals surface area contributed by atoms with Gasteiger partial charge in [-0.3, -0.25) is 14.9 Å². The molecule has 2 amide bonds. The van der Waals surface area contributed by atoms with Gasteiger partial charge in [-0.2, -0.15) is 0 Å². The molecule has 2 heterocycles. The number of carbonyl (C=O) groups excluding carboxylic acids is 2. The van der Waals surface area contributed by atoms with Gasteiger partial charge in [-0.15, -0.1) is 0 Å². The number of aromatic amines is 2. The predicted octanol–water partition coefficient (Wildman–Crippen LogP) is 3.45. The zero-order valence-corrected chi connectivity index (χ0v) is 16.3. The number of hydrogen-bond donors (Lipinski definition) is 4. The van der Waals surface area contributed by atoms with Crippen LogP contribution in [0.3, 0.4) is 0 Å². The monoisotopic (exact) mass is 401 g/mol. The Morgan fingerprint density at radius 2 is 1.89 bits per heavy atom. The second-order valence-corrected chi connectivity index (χ2v) is 6.62. The maximum atomic E-state index is 12.5. The summed E-state index contributed by atoms with van der Waals surface area (Å²) in [4.78, 5) is 34.5. The van der Waals surface area contributed by atoms with E-state index in [0.717, 1.165) is 11.3 Å². The summed E-state index contributed by atoms with van der Waals surface area (Å²) in [5.74, 6) is -0.266. The first kappa shape index (κ1) is 19.5. The Bertz CT molecular complexity index is 993. The van der Waals surface area contributed by atoms with Crippen LogP contribution in [0.15, 0.2) is 36.5 Å². The number of ether oxygens (including phenoxy) is 1. The van der Waals surface area contributed by atoms with Gasteiger partial charge >= 0.3 is 0 Å². The second-order valence-electron chi connectivity index (χ2n) is 6.18. The van der Waals surface area contributed by atoms with Crippen LogP contribution in [0.4, 0.5) is 5.95 Å². The Kier molecular flexibility index (Phi) is 5.70. The molecule has 4 N–H and O–H groups in total. The smallest absolute Gasteiger partial charge is 0.274 e. The van der Waals surface area contributed by atoms with E-state index in [-0.39, 0.29) is 23.2 Å². The molecule has 8 nitrogen and oxygen atoms in total. The number of hydrogen-bond acceptors (Lipinski definition) is 4. The molecular formula is C19H20ClN5O3. The number of anilines is 1. The number of aromatic nitrogens is 3. The van der Waals surface area contributed by atoms with Crippen molar-refractivity contribution in [1.29, 1.82) is 0 Å². The van der Waals surface area contributed by atoms with Crippen LogP contribution in [0, 0.1) is 6.92 Å². The van der Waals surface area contributed by atoms with Crippen LogP contribution < -0.4 is 15.4 Å². The number of rotatable bonds is 6. The Labute approximate surface area is 166 Å². The molecule has 146 valence electrons. The fraction of sp³-hybridized carbons (Fsp3) is 0.211. The van der Waals surface area contributed by atoms with E-state index in [0.29, 0.717) is 11.0 Å². The molecule has 0 saturated carbocycles. The number of nitrogens with zero attached hydrogens (tertiary/aromatic N) is 1. The standard InChI is InChI=1S/C19H20ClN5O3/c1-10-9-22-19(23-10)25-17(26)14-8-15(16(24-14)18(27)21-3)28-11(2)12-4-6-13(20)7-5-12/h4-9,11,24H,1-3H3,(H,21,27)(H2,22,23,25,26). The van der Waals surface area contributed by atoms with Crippen molar-refractivity contribution in [2.24, 2.45) is 0 Å². The quantitative estimate of drug-likeness (QED) is 0.506. The van der Waals surface area contributed by atoms with Gasteiger partial charge in [-0.05, 0) is 31.5 Å². The fourth-order valence-corrected chi connectivity index (χ4v) is 2.71. The van der Waals surface area contributed by atoms with Crippen molar-refractivity contribution in [2.75, 3.05) is 12.4 Å². The van der Waals surface area contributed by atoms with Crippen molar-refractivity contribution in [3.63, 3.8) is 0 Å². The van der Waals surface area contributed by atoms with Crippen molar-refractivity contribution in [1.82, 2.24) is 20.3 Å². The highest BCUT2D eigenvalue weighted by Crippen LogP contribution is 2.27. The Morgan fingerprint density at radius 1 is 1.18 bits per heavy atom. The zero-order valence-electron chi connectivity index (χ0n) is 15.6. The topological polar surface area (TPSA) is 112 Å². The van der Waals surface area contributed by atoms with E-state index in [1.165, 1.54) is 13.1 Å². The SMILES string of the molecule is CNC(=O)c1[nH]c(C(=O)Nc2ncc(C)[nH]2)cc1OC(C)c1ccc(Cl)cc1. The van der Waals surface area contributed by atoms with Crippen LogP contribution in [-0.4, -0.2) is 33.8 Å². The zero-order chi connectivity index (χ0) is 20.3. The minimum atomic E-state index is -0.450. The number of nitrogens with one attached hydrogen (secondary N) is 4. The highest BCUT2D eigenvalue weighted by molar-refractivity contribution is 6.30. The molecule has 0 saturated heterocycles. The molecule has 0 bridgehead atoms. The van der Waals surface area contributed by atoms with E-state index < -0.39 is 11.8 Å². The van der Waals surface area contributed by atoms with Gasteiger partial charge in [0.2, 0.25) is 5.95 Å². The van der Waals surface area contributed by atoms with Crippen LogP contribution in [0.2, 0.25) is 5.02 Å². The normalized spacial score (nSPS) is 11.7. The maximum Gasteiger partial charge on any atom is 0.274 e. The van der Waals surface area contributed by atoms with Crippen LogP contribution in [0.5, 0.6) is 5.75 Å². The van der Waals surface area contributed by atoms with E-state index in [2.05, 4.69) is 25.6 Å². The van der Waals surface area contributed by atoms with Crippen molar-refractivity contribution < 1.29 is 14.3 Å². The predicted molar refractivity (Wildman–Crippen MR) is 106 cm³/mol. The summed E-state index contributed by atoms with van der Waals surface area (Å²) in [6, 6.07) is 8.69. The molecule has 9 heteroatoms. The van der Waals surface area contributed by atoms with Gasteiger partial charge in [0.1, 0.15) is 17.5 Å². The molecule has 1 aromatic carbocycles. The molecule has 3 rings (SSSR count). The first-order valence-corrected chi connectivity index (χ1v) is 8.95. The maximum absolute atomic E-state index is 12.5.